The molecule has 1 aromatic carbocycles. The number of hydrogen-bond acceptors (Lipinski definition) is 2. The Hall–Kier alpha value is -1.28. The topological polar surface area (TPSA) is 35.2 Å². The third-order valence-corrected chi connectivity index (χ3v) is 2.82. The van der Waals surface area contributed by atoms with Crippen molar-refractivity contribution in [3.63, 3.8) is 0 Å². The number of benzene rings is 1. The summed E-state index contributed by atoms with van der Waals surface area (Å²) in [5.41, 5.74) is 8.59. The first-order valence-electron chi connectivity index (χ1n) is 5.43. The van der Waals surface area contributed by atoms with Crippen LogP contribution in [0.5, 0.6) is 5.75 Å². The average molecular weight is 203 g/mol. The van der Waals surface area contributed by atoms with Gasteiger partial charge >= 0.3 is 0 Å². The van der Waals surface area contributed by atoms with Crippen molar-refractivity contribution >= 4 is 0 Å². The third-order valence-electron chi connectivity index (χ3n) is 2.82. The lowest BCUT2D eigenvalue weighted by Gasteiger charge is -2.11. The van der Waals surface area contributed by atoms with Crippen LogP contribution >= 0.6 is 0 Å². The number of rotatable bonds is 4. The van der Waals surface area contributed by atoms with Crippen LogP contribution in [0, 0.1) is 0 Å². The van der Waals surface area contributed by atoms with Crippen LogP contribution in [-0.4, -0.2) is 6.61 Å². The summed E-state index contributed by atoms with van der Waals surface area (Å²) >= 11 is 0. The van der Waals surface area contributed by atoms with Gasteiger partial charge in [-0.05, 0) is 30.0 Å². The van der Waals surface area contributed by atoms with Crippen molar-refractivity contribution in [1.29, 1.82) is 0 Å². The van der Waals surface area contributed by atoms with Gasteiger partial charge in [0.1, 0.15) is 5.75 Å². The maximum Gasteiger partial charge on any atom is 0.122 e. The Bertz CT molecular complexity index is 360. The van der Waals surface area contributed by atoms with Crippen molar-refractivity contribution in [2.75, 3.05) is 6.61 Å². The van der Waals surface area contributed by atoms with E-state index < -0.39 is 0 Å². The zero-order valence-corrected chi connectivity index (χ0v) is 8.91. The summed E-state index contributed by atoms with van der Waals surface area (Å²) in [5, 5.41) is 0. The van der Waals surface area contributed by atoms with E-state index in [0.717, 1.165) is 31.6 Å². The number of hydrogen-bond donors (Lipinski definition) is 1. The highest BCUT2D eigenvalue weighted by molar-refractivity contribution is 5.40. The van der Waals surface area contributed by atoms with E-state index in [1.807, 2.05) is 12.1 Å². The highest BCUT2D eigenvalue weighted by Gasteiger charge is 2.14. The zero-order chi connectivity index (χ0) is 10.7. The van der Waals surface area contributed by atoms with Gasteiger partial charge in [-0.15, -0.1) is 6.58 Å². The predicted octanol–water partition coefficient (Wildman–Crippen LogP) is 2.59. The number of allylic oxidation sites excluding steroid dienone is 1. The molecule has 0 aromatic heterocycles. The molecule has 15 heavy (non-hydrogen) atoms. The van der Waals surface area contributed by atoms with Crippen LogP contribution < -0.4 is 10.5 Å². The van der Waals surface area contributed by atoms with Crippen molar-refractivity contribution in [2.45, 2.75) is 25.3 Å². The molecule has 1 atom stereocenters. The molecule has 80 valence electrons. The van der Waals surface area contributed by atoms with Crippen LogP contribution in [0.15, 0.2) is 30.9 Å². The van der Waals surface area contributed by atoms with Crippen molar-refractivity contribution < 1.29 is 4.74 Å². The van der Waals surface area contributed by atoms with Gasteiger partial charge in [0, 0.05) is 12.5 Å². The molecule has 0 fully saturated rings. The van der Waals surface area contributed by atoms with Crippen LogP contribution in [-0.2, 0) is 6.42 Å². The van der Waals surface area contributed by atoms with Crippen molar-refractivity contribution in [1.82, 2.24) is 0 Å². The van der Waals surface area contributed by atoms with E-state index in [0.29, 0.717) is 0 Å². The van der Waals surface area contributed by atoms with E-state index in [1.54, 1.807) is 0 Å². The minimum absolute atomic E-state index is 0.119. The molecule has 2 heteroatoms. The average Bonchev–Trinajstić information content (AvgIpc) is 2.72. The smallest absolute Gasteiger partial charge is 0.122 e. The summed E-state index contributed by atoms with van der Waals surface area (Å²) < 4.78 is 5.46. The van der Waals surface area contributed by atoms with E-state index in [2.05, 4.69) is 18.7 Å². The second-order valence-corrected chi connectivity index (χ2v) is 3.94. The summed E-state index contributed by atoms with van der Waals surface area (Å²) in [7, 11) is 0. The zero-order valence-electron chi connectivity index (χ0n) is 8.91. The molecule has 0 radical (unpaired) electrons. The molecule has 1 aliphatic heterocycles. The number of nitrogens with two attached hydrogens (primary N) is 1. The molecule has 0 saturated heterocycles. The Morgan fingerprint density at radius 3 is 3.20 bits per heavy atom. The molecular formula is C13H17NO. The Balaban J connectivity index is 2.11. The fraction of sp³-hybridized carbons (Fsp3) is 0.385. The van der Waals surface area contributed by atoms with Gasteiger partial charge < -0.3 is 10.5 Å². The van der Waals surface area contributed by atoms with Crippen LogP contribution in [0.2, 0.25) is 0 Å². The van der Waals surface area contributed by atoms with Crippen LogP contribution in [0.25, 0.3) is 0 Å². The maximum atomic E-state index is 6.09. The number of fused-ring (bicyclic) bond motifs is 1. The van der Waals surface area contributed by atoms with Gasteiger partial charge in [-0.3, -0.25) is 0 Å². The standard InChI is InChI=1S/C13H17NO/c1-2-3-4-12(14)10-5-6-13-11(9-10)7-8-15-13/h2,5-6,9,12H,1,3-4,7-8,14H2/t12-/m1/s1. The third kappa shape index (κ3) is 2.21. The van der Waals surface area contributed by atoms with Gasteiger partial charge in [0.05, 0.1) is 6.61 Å². The van der Waals surface area contributed by atoms with E-state index in [-0.39, 0.29) is 6.04 Å². The first-order chi connectivity index (χ1) is 7.31. The molecule has 0 saturated carbocycles. The van der Waals surface area contributed by atoms with E-state index in [4.69, 9.17) is 10.5 Å². The SMILES string of the molecule is C=CCC[C@@H](N)c1ccc2c(c1)CCO2. The molecule has 0 amide bonds. The monoisotopic (exact) mass is 203 g/mol. The molecule has 1 aliphatic rings. The Kier molecular flexibility index (Phi) is 3.07. The van der Waals surface area contributed by atoms with E-state index >= 15 is 0 Å². The van der Waals surface area contributed by atoms with Crippen LogP contribution in [0.3, 0.4) is 0 Å². The predicted molar refractivity (Wildman–Crippen MR) is 62.0 cm³/mol. The minimum Gasteiger partial charge on any atom is -0.493 e. The first-order valence-corrected chi connectivity index (χ1v) is 5.43. The molecule has 0 unspecified atom stereocenters. The molecule has 1 aromatic rings. The van der Waals surface area contributed by atoms with E-state index in [9.17, 15) is 0 Å². The molecule has 1 heterocycles. The van der Waals surface area contributed by atoms with Crippen molar-refractivity contribution in [3.8, 4) is 5.75 Å². The van der Waals surface area contributed by atoms with Gasteiger partial charge in [0.15, 0.2) is 0 Å². The van der Waals surface area contributed by atoms with Crippen molar-refractivity contribution in [3.05, 3.63) is 42.0 Å². The lowest BCUT2D eigenvalue weighted by Crippen LogP contribution is -2.09. The second kappa shape index (κ2) is 4.49. The molecule has 0 bridgehead atoms. The van der Waals surface area contributed by atoms with Crippen LogP contribution in [0.1, 0.15) is 30.0 Å². The largest absolute Gasteiger partial charge is 0.493 e. The normalized spacial score (nSPS) is 15.5. The summed E-state index contributed by atoms with van der Waals surface area (Å²) in [6, 6.07) is 6.40. The summed E-state index contributed by atoms with van der Waals surface area (Å²) in [5.74, 6) is 1.02. The quantitative estimate of drug-likeness (QED) is 0.763. The highest BCUT2D eigenvalue weighted by atomic mass is 16.5. The van der Waals surface area contributed by atoms with Gasteiger partial charge in [-0.25, -0.2) is 0 Å². The number of ether oxygens (including phenoxy) is 1. The van der Waals surface area contributed by atoms with Gasteiger partial charge in [0.2, 0.25) is 0 Å². The summed E-state index contributed by atoms with van der Waals surface area (Å²) in [4.78, 5) is 0. The Labute approximate surface area is 90.7 Å². The van der Waals surface area contributed by atoms with Gasteiger partial charge in [0.25, 0.3) is 0 Å². The molecule has 0 spiro atoms. The fourth-order valence-electron chi connectivity index (χ4n) is 1.90. The van der Waals surface area contributed by atoms with E-state index in [1.165, 1.54) is 11.1 Å². The molecule has 2 nitrogen and oxygen atoms in total. The maximum absolute atomic E-state index is 6.09. The first kappa shape index (κ1) is 10.2. The highest BCUT2D eigenvalue weighted by Crippen LogP contribution is 2.28. The van der Waals surface area contributed by atoms with Crippen LogP contribution in [0.4, 0.5) is 0 Å². The molecule has 2 rings (SSSR count). The second-order valence-electron chi connectivity index (χ2n) is 3.94. The minimum atomic E-state index is 0.119. The Morgan fingerprint density at radius 2 is 2.40 bits per heavy atom. The summed E-state index contributed by atoms with van der Waals surface area (Å²) in [6.45, 7) is 4.51. The Morgan fingerprint density at radius 1 is 1.53 bits per heavy atom. The van der Waals surface area contributed by atoms with Gasteiger partial charge in [-0.1, -0.05) is 18.2 Å². The molecule has 0 aliphatic carbocycles. The lowest BCUT2D eigenvalue weighted by atomic mass is 10.00. The van der Waals surface area contributed by atoms with Crippen molar-refractivity contribution in [2.24, 2.45) is 5.73 Å². The fourth-order valence-corrected chi connectivity index (χ4v) is 1.90. The molecular weight excluding hydrogens is 186 g/mol. The van der Waals surface area contributed by atoms with Gasteiger partial charge in [-0.2, -0.15) is 0 Å². The molecule has 2 N–H and O–H groups in total. The summed E-state index contributed by atoms with van der Waals surface area (Å²) in [6.07, 6.45) is 4.85. The lowest BCUT2D eigenvalue weighted by molar-refractivity contribution is 0.357.